The van der Waals surface area contributed by atoms with E-state index < -0.39 is 12.4 Å². The van der Waals surface area contributed by atoms with Gasteiger partial charge in [0, 0.05) is 36.2 Å². The number of nitrogens with one attached hydrogen (secondary N) is 1. The van der Waals surface area contributed by atoms with Crippen LogP contribution in [0, 0.1) is 5.92 Å². The number of hydrogen-bond acceptors (Lipinski definition) is 6. The fourth-order valence-electron chi connectivity index (χ4n) is 6.55. The van der Waals surface area contributed by atoms with Crippen LogP contribution in [0.4, 0.5) is 0 Å². The normalized spacial score (nSPS) is 20.3. The summed E-state index contributed by atoms with van der Waals surface area (Å²) in [5.41, 5.74) is 7.32. The highest BCUT2D eigenvalue weighted by Gasteiger charge is 2.39. The molecule has 0 spiro atoms. The van der Waals surface area contributed by atoms with Crippen LogP contribution in [-0.4, -0.2) is 46.8 Å². The van der Waals surface area contributed by atoms with Gasteiger partial charge in [0.1, 0.15) is 0 Å². The SMILES string of the molecule is CC1C(CN(C)C(C)C(O)c2ccccc2)OC(c2cccc(-c3cccc(CNC(=O)c4ccccc4)c3)c2)OC1c1ccc(CO)cc1. The highest BCUT2D eigenvalue weighted by molar-refractivity contribution is 5.94. The molecular formula is C43H46N2O5. The molecule has 6 atom stereocenters. The number of aliphatic hydroxyl groups is 2. The van der Waals surface area contributed by atoms with Crippen LogP contribution >= 0.6 is 0 Å². The van der Waals surface area contributed by atoms with Crippen molar-refractivity contribution in [3.63, 3.8) is 0 Å². The topological polar surface area (TPSA) is 91.3 Å². The summed E-state index contributed by atoms with van der Waals surface area (Å²) in [5, 5.41) is 23.9. The molecule has 50 heavy (non-hydrogen) atoms. The highest BCUT2D eigenvalue weighted by Crippen LogP contribution is 2.42. The zero-order valence-corrected chi connectivity index (χ0v) is 28.9. The van der Waals surface area contributed by atoms with Gasteiger partial charge in [-0.15, -0.1) is 0 Å². The number of aliphatic hydroxyl groups excluding tert-OH is 2. The van der Waals surface area contributed by atoms with Gasteiger partial charge in [0.05, 0.1) is 24.9 Å². The molecule has 6 rings (SSSR count). The standard InChI is InChI=1S/C43H46N2O5/c1-29-39(27-45(3)30(2)40(47)33-13-6-4-7-14-33)49-43(50-41(29)34-22-20-31(28-46)21-23-34)38-19-11-18-37(25-38)36-17-10-12-32(24-36)26-44-42(48)35-15-8-5-9-16-35/h4-25,29-30,39-41,43,46-47H,26-28H2,1-3H3,(H,44,48). The van der Waals surface area contributed by atoms with E-state index in [1.54, 1.807) is 12.1 Å². The molecule has 3 N–H and O–H groups in total. The number of carbonyl (C=O) groups is 1. The summed E-state index contributed by atoms with van der Waals surface area (Å²) in [4.78, 5) is 14.8. The smallest absolute Gasteiger partial charge is 0.251 e. The lowest BCUT2D eigenvalue weighted by atomic mass is 9.89. The number of amides is 1. The van der Waals surface area contributed by atoms with E-state index in [9.17, 15) is 15.0 Å². The van der Waals surface area contributed by atoms with E-state index in [4.69, 9.17) is 9.47 Å². The Morgan fingerprint density at radius 2 is 1.44 bits per heavy atom. The molecule has 1 fully saturated rings. The third-order valence-corrected chi connectivity index (χ3v) is 9.79. The third kappa shape index (κ3) is 8.38. The Balaban J connectivity index is 1.22. The molecule has 0 saturated carbocycles. The first kappa shape index (κ1) is 35.2. The maximum Gasteiger partial charge on any atom is 0.251 e. The Morgan fingerprint density at radius 1 is 0.780 bits per heavy atom. The van der Waals surface area contributed by atoms with Gasteiger partial charge in [-0.05, 0) is 71.6 Å². The van der Waals surface area contributed by atoms with Crippen molar-refractivity contribution in [2.45, 2.75) is 57.6 Å². The predicted octanol–water partition coefficient (Wildman–Crippen LogP) is 7.62. The van der Waals surface area contributed by atoms with E-state index in [0.29, 0.717) is 18.7 Å². The molecular weight excluding hydrogens is 624 g/mol. The Hall–Kier alpha value is -4.63. The minimum Gasteiger partial charge on any atom is -0.392 e. The molecule has 5 aromatic carbocycles. The van der Waals surface area contributed by atoms with Crippen molar-refractivity contribution in [2.75, 3.05) is 13.6 Å². The first-order chi connectivity index (χ1) is 24.3. The van der Waals surface area contributed by atoms with Crippen LogP contribution in [0.15, 0.2) is 133 Å². The lowest BCUT2D eigenvalue weighted by molar-refractivity contribution is -0.276. The van der Waals surface area contributed by atoms with Crippen molar-refractivity contribution in [1.82, 2.24) is 10.2 Å². The summed E-state index contributed by atoms with van der Waals surface area (Å²) in [6.45, 7) is 5.17. The van der Waals surface area contributed by atoms with E-state index in [2.05, 4.69) is 41.4 Å². The second kappa shape index (κ2) is 16.4. The summed E-state index contributed by atoms with van der Waals surface area (Å²) >= 11 is 0. The third-order valence-electron chi connectivity index (χ3n) is 9.79. The van der Waals surface area contributed by atoms with E-state index in [-0.39, 0.29) is 36.7 Å². The average molecular weight is 671 g/mol. The number of nitrogens with zero attached hydrogens (tertiary/aromatic N) is 1. The summed E-state index contributed by atoms with van der Waals surface area (Å²) in [6.07, 6.45) is -1.73. The Morgan fingerprint density at radius 3 is 2.14 bits per heavy atom. The number of ether oxygens (including phenoxy) is 2. The van der Waals surface area contributed by atoms with Gasteiger partial charge >= 0.3 is 0 Å². The van der Waals surface area contributed by atoms with Crippen LogP contribution < -0.4 is 5.32 Å². The van der Waals surface area contributed by atoms with Crippen LogP contribution in [0.25, 0.3) is 11.1 Å². The van der Waals surface area contributed by atoms with Gasteiger partial charge in [0.25, 0.3) is 5.91 Å². The van der Waals surface area contributed by atoms with Gasteiger partial charge in [-0.25, -0.2) is 0 Å². The van der Waals surface area contributed by atoms with E-state index in [0.717, 1.165) is 38.9 Å². The van der Waals surface area contributed by atoms with Crippen molar-refractivity contribution < 1.29 is 24.5 Å². The average Bonchev–Trinajstić information content (AvgIpc) is 3.18. The predicted molar refractivity (Wildman–Crippen MR) is 196 cm³/mol. The monoisotopic (exact) mass is 670 g/mol. The Bertz CT molecular complexity index is 1830. The molecule has 7 nitrogen and oxygen atoms in total. The van der Waals surface area contributed by atoms with Crippen LogP contribution in [0.3, 0.4) is 0 Å². The summed E-state index contributed by atoms with van der Waals surface area (Å²) in [5.74, 6) is -0.107. The highest BCUT2D eigenvalue weighted by atomic mass is 16.7. The molecule has 7 heteroatoms. The lowest BCUT2D eigenvalue weighted by Crippen LogP contribution is -2.46. The molecule has 1 aliphatic heterocycles. The van der Waals surface area contributed by atoms with Crippen molar-refractivity contribution in [1.29, 1.82) is 0 Å². The maximum absolute atomic E-state index is 12.6. The summed E-state index contributed by atoms with van der Waals surface area (Å²) in [7, 11) is 2.03. The molecule has 0 aromatic heterocycles. The quantitative estimate of drug-likeness (QED) is 0.127. The Kier molecular flexibility index (Phi) is 11.5. The van der Waals surface area contributed by atoms with Crippen LogP contribution in [0.5, 0.6) is 0 Å². The number of likely N-dealkylation sites (N-methyl/N-ethyl adjacent to an activating group) is 1. The molecule has 0 aliphatic carbocycles. The van der Waals surface area contributed by atoms with Gasteiger partial charge in [0.15, 0.2) is 6.29 Å². The molecule has 6 unspecified atom stereocenters. The minimum absolute atomic E-state index is 0.000653. The number of rotatable bonds is 12. The number of benzene rings is 5. The first-order valence-corrected chi connectivity index (χ1v) is 17.3. The van der Waals surface area contributed by atoms with Crippen LogP contribution in [0.2, 0.25) is 0 Å². The molecule has 1 amide bonds. The van der Waals surface area contributed by atoms with E-state index in [1.165, 1.54) is 0 Å². The van der Waals surface area contributed by atoms with Crippen molar-refractivity contribution in [3.05, 3.63) is 167 Å². The second-order valence-corrected chi connectivity index (χ2v) is 13.2. The van der Waals surface area contributed by atoms with Crippen LogP contribution in [0.1, 0.15) is 70.5 Å². The summed E-state index contributed by atoms with van der Waals surface area (Å²) < 4.78 is 13.5. The number of hydrogen-bond donors (Lipinski definition) is 3. The van der Waals surface area contributed by atoms with E-state index >= 15 is 0 Å². The van der Waals surface area contributed by atoms with Gasteiger partial charge in [-0.2, -0.15) is 0 Å². The molecule has 1 aliphatic rings. The molecule has 258 valence electrons. The molecule has 1 heterocycles. The Labute approximate surface area is 295 Å². The number of carbonyl (C=O) groups excluding carboxylic acids is 1. The molecule has 0 bridgehead atoms. The van der Waals surface area contributed by atoms with Gasteiger partial charge in [-0.1, -0.05) is 116 Å². The second-order valence-electron chi connectivity index (χ2n) is 13.2. The first-order valence-electron chi connectivity index (χ1n) is 17.3. The van der Waals surface area contributed by atoms with Gasteiger partial charge < -0.3 is 25.0 Å². The van der Waals surface area contributed by atoms with Crippen molar-refractivity contribution >= 4 is 5.91 Å². The molecule has 1 saturated heterocycles. The fraction of sp³-hybridized carbons (Fsp3) is 0.279. The minimum atomic E-state index is -0.645. The van der Waals surface area contributed by atoms with Gasteiger partial charge in [0.2, 0.25) is 0 Å². The van der Waals surface area contributed by atoms with Crippen LogP contribution in [-0.2, 0) is 22.6 Å². The van der Waals surface area contributed by atoms with Gasteiger partial charge in [-0.3, -0.25) is 9.69 Å². The zero-order valence-electron chi connectivity index (χ0n) is 28.9. The lowest BCUT2D eigenvalue weighted by Gasteiger charge is -2.43. The van der Waals surface area contributed by atoms with Crippen molar-refractivity contribution in [3.8, 4) is 11.1 Å². The molecule has 5 aromatic rings. The van der Waals surface area contributed by atoms with Crippen molar-refractivity contribution in [2.24, 2.45) is 5.92 Å². The zero-order chi connectivity index (χ0) is 35.0. The fourth-order valence-corrected chi connectivity index (χ4v) is 6.55. The van der Waals surface area contributed by atoms with E-state index in [1.807, 2.05) is 111 Å². The molecule has 0 radical (unpaired) electrons. The largest absolute Gasteiger partial charge is 0.392 e. The summed E-state index contributed by atoms with van der Waals surface area (Å²) in [6, 6.07) is 43.1. The maximum atomic E-state index is 12.6.